The topological polar surface area (TPSA) is 66.8 Å². The molecule has 1 aliphatic rings. The number of Topliss-reactive ketones (excluding diaryl/α,β-unsaturated/α-hetero) is 1. The number of carbonyl (C=O) groups excluding carboxylic acids is 2. The maximum atomic E-state index is 12.7. The molecule has 0 radical (unpaired) electrons. The highest BCUT2D eigenvalue weighted by atomic mass is 16.5. The third-order valence-corrected chi connectivity index (χ3v) is 4.91. The monoisotopic (exact) mass is 353 g/mol. The summed E-state index contributed by atoms with van der Waals surface area (Å²) in [7, 11) is 1.59. The van der Waals surface area contributed by atoms with E-state index >= 15 is 0 Å². The van der Waals surface area contributed by atoms with Gasteiger partial charge in [-0.25, -0.2) is 0 Å². The van der Waals surface area contributed by atoms with Crippen LogP contribution in [0.4, 0.5) is 0 Å². The van der Waals surface area contributed by atoms with Crippen LogP contribution in [0.25, 0.3) is 0 Å². The third kappa shape index (κ3) is 3.72. The number of phenolic OH excluding ortho intramolecular Hbond substituents is 1. The zero-order chi connectivity index (χ0) is 18.7. The lowest BCUT2D eigenvalue weighted by Gasteiger charge is -2.31. The Morgan fingerprint density at radius 3 is 2.31 bits per heavy atom. The van der Waals surface area contributed by atoms with Crippen LogP contribution in [-0.4, -0.2) is 41.9 Å². The molecular weight excluding hydrogens is 330 g/mol. The van der Waals surface area contributed by atoms with Crippen molar-refractivity contribution < 1.29 is 19.4 Å². The van der Waals surface area contributed by atoms with Crippen molar-refractivity contribution >= 4 is 11.7 Å². The molecule has 1 amide bonds. The normalized spacial score (nSPS) is 14.9. The van der Waals surface area contributed by atoms with Crippen molar-refractivity contribution in [2.45, 2.75) is 19.8 Å². The van der Waals surface area contributed by atoms with Crippen molar-refractivity contribution in [1.29, 1.82) is 0 Å². The fourth-order valence-electron chi connectivity index (χ4n) is 3.33. The van der Waals surface area contributed by atoms with Gasteiger partial charge in [-0.3, -0.25) is 9.59 Å². The van der Waals surface area contributed by atoms with Gasteiger partial charge in [0.1, 0.15) is 11.5 Å². The molecule has 1 saturated heterocycles. The number of rotatable bonds is 4. The first-order chi connectivity index (χ1) is 12.5. The van der Waals surface area contributed by atoms with Gasteiger partial charge in [-0.15, -0.1) is 0 Å². The lowest BCUT2D eigenvalue weighted by Crippen LogP contribution is -2.40. The Kier molecular flexibility index (Phi) is 5.26. The van der Waals surface area contributed by atoms with Gasteiger partial charge in [-0.2, -0.15) is 0 Å². The first kappa shape index (κ1) is 18.0. The smallest absolute Gasteiger partial charge is 0.257 e. The van der Waals surface area contributed by atoms with Crippen LogP contribution in [0.5, 0.6) is 11.5 Å². The van der Waals surface area contributed by atoms with E-state index in [4.69, 9.17) is 4.74 Å². The second kappa shape index (κ2) is 7.60. The molecule has 0 saturated carbocycles. The molecule has 5 heteroatoms. The first-order valence-corrected chi connectivity index (χ1v) is 8.76. The number of methoxy groups -OCH3 is 1. The number of ketones is 1. The minimum absolute atomic E-state index is 0.00596. The Balaban J connectivity index is 1.63. The van der Waals surface area contributed by atoms with E-state index in [1.54, 1.807) is 48.4 Å². The number of carbonyl (C=O) groups is 2. The van der Waals surface area contributed by atoms with Gasteiger partial charge < -0.3 is 14.7 Å². The van der Waals surface area contributed by atoms with Crippen molar-refractivity contribution in [1.82, 2.24) is 4.90 Å². The number of aromatic hydroxyl groups is 1. The number of piperidine rings is 1. The molecule has 3 rings (SSSR count). The Hall–Kier alpha value is -2.82. The fourth-order valence-corrected chi connectivity index (χ4v) is 3.33. The van der Waals surface area contributed by atoms with Crippen LogP contribution in [0.15, 0.2) is 42.5 Å². The molecule has 1 fully saturated rings. The molecule has 1 heterocycles. The molecule has 0 aromatic heterocycles. The summed E-state index contributed by atoms with van der Waals surface area (Å²) in [5.74, 6) is 0.571. The average molecular weight is 353 g/mol. The van der Waals surface area contributed by atoms with Crippen molar-refractivity contribution in [2.75, 3.05) is 20.2 Å². The first-order valence-electron chi connectivity index (χ1n) is 8.76. The zero-order valence-corrected chi connectivity index (χ0v) is 15.1. The number of likely N-dealkylation sites (tertiary alicyclic amines) is 1. The number of phenols is 1. The van der Waals surface area contributed by atoms with E-state index in [1.165, 1.54) is 0 Å². The van der Waals surface area contributed by atoms with Crippen LogP contribution < -0.4 is 4.74 Å². The number of nitrogens with zero attached hydrogens (tertiary/aromatic N) is 1. The molecule has 0 aliphatic carbocycles. The predicted octanol–water partition coefficient (Wildman–Crippen LogP) is 3.44. The molecule has 2 aromatic rings. The summed E-state index contributed by atoms with van der Waals surface area (Å²) in [5.41, 5.74) is 1.89. The van der Waals surface area contributed by atoms with E-state index in [9.17, 15) is 14.7 Å². The van der Waals surface area contributed by atoms with Gasteiger partial charge in [-0.05, 0) is 61.7 Å². The molecule has 0 bridgehead atoms. The number of amides is 1. The van der Waals surface area contributed by atoms with E-state index in [0.29, 0.717) is 37.1 Å². The van der Waals surface area contributed by atoms with Crippen molar-refractivity contribution in [3.8, 4) is 11.5 Å². The molecule has 1 N–H and O–H groups in total. The summed E-state index contributed by atoms with van der Waals surface area (Å²) in [6.45, 7) is 2.89. The van der Waals surface area contributed by atoms with Gasteiger partial charge in [0, 0.05) is 24.6 Å². The van der Waals surface area contributed by atoms with Gasteiger partial charge in [0.25, 0.3) is 5.91 Å². The Labute approximate surface area is 153 Å². The molecule has 1 aliphatic heterocycles. The summed E-state index contributed by atoms with van der Waals surface area (Å²) in [5, 5.41) is 10.0. The second-order valence-corrected chi connectivity index (χ2v) is 6.68. The zero-order valence-electron chi connectivity index (χ0n) is 15.1. The summed E-state index contributed by atoms with van der Waals surface area (Å²) in [6.07, 6.45) is 1.26. The maximum Gasteiger partial charge on any atom is 0.257 e. The molecule has 5 nitrogen and oxygen atoms in total. The van der Waals surface area contributed by atoms with Crippen LogP contribution in [0, 0.1) is 12.8 Å². The maximum absolute atomic E-state index is 12.7. The Morgan fingerprint density at radius 1 is 1.08 bits per heavy atom. The lowest BCUT2D eigenvalue weighted by atomic mass is 9.88. The van der Waals surface area contributed by atoms with Crippen LogP contribution in [0.3, 0.4) is 0 Å². The summed E-state index contributed by atoms with van der Waals surface area (Å²) in [6, 6.07) is 12.2. The highest BCUT2D eigenvalue weighted by molar-refractivity contribution is 5.99. The lowest BCUT2D eigenvalue weighted by molar-refractivity contribution is 0.0647. The molecule has 0 spiro atoms. The van der Waals surface area contributed by atoms with Crippen molar-refractivity contribution in [2.24, 2.45) is 5.92 Å². The number of ether oxygens (including phenoxy) is 1. The van der Waals surface area contributed by atoms with Crippen molar-refractivity contribution in [3.63, 3.8) is 0 Å². The molecule has 0 unspecified atom stereocenters. The quantitative estimate of drug-likeness (QED) is 0.855. The van der Waals surface area contributed by atoms with Crippen LogP contribution in [0.1, 0.15) is 39.1 Å². The minimum Gasteiger partial charge on any atom is -0.507 e. The van der Waals surface area contributed by atoms with Gasteiger partial charge in [0.2, 0.25) is 0 Å². The molecule has 136 valence electrons. The standard InChI is InChI=1S/C21H23NO4/c1-14-3-8-18(19(23)13-14)21(25)22-11-9-16(10-12-22)20(24)15-4-6-17(26-2)7-5-15/h3-8,13,16,23H,9-12H2,1-2H3. The molecule has 0 atom stereocenters. The van der Waals surface area contributed by atoms with Crippen LogP contribution in [0.2, 0.25) is 0 Å². The van der Waals surface area contributed by atoms with E-state index in [1.807, 2.05) is 13.0 Å². The van der Waals surface area contributed by atoms with Crippen LogP contribution >= 0.6 is 0 Å². The number of hydrogen-bond acceptors (Lipinski definition) is 4. The van der Waals surface area contributed by atoms with Gasteiger partial charge in [-0.1, -0.05) is 6.07 Å². The summed E-state index contributed by atoms with van der Waals surface area (Å²) >= 11 is 0. The summed E-state index contributed by atoms with van der Waals surface area (Å²) < 4.78 is 5.12. The SMILES string of the molecule is COc1ccc(C(=O)C2CCN(C(=O)c3ccc(C)cc3O)CC2)cc1. The summed E-state index contributed by atoms with van der Waals surface area (Å²) in [4.78, 5) is 27.0. The second-order valence-electron chi connectivity index (χ2n) is 6.68. The van der Waals surface area contributed by atoms with Gasteiger partial charge in [0.05, 0.1) is 12.7 Å². The van der Waals surface area contributed by atoms with E-state index in [2.05, 4.69) is 0 Å². The molecule has 26 heavy (non-hydrogen) atoms. The van der Waals surface area contributed by atoms with Crippen molar-refractivity contribution in [3.05, 3.63) is 59.2 Å². The average Bonchev–Trinajstić information content (AvgIpc) is 2.67. The fraction of sp³-hybridized carbons (Fsp3) is 0.333. The van der Waals surface area contributed by atoms with Gasteiger partial charge >= 0.3 is 0 Å². The number of hydrogen-bond donors (Lipinski definition) is 1. The van der Waals surface area contributed by atoms with E-state index in [-0.39, 0.29) is 23.4 Å². The number of benzene rings is 2. The third-order valence-electron chi connectivity index (χ3n) is 4.91. The van der Waals surface area contributed by atoms with Gasteiger partial charge in [0.15, 0.2) is 5.78 Å². The van der Waals surface area contributed by atoms with E-state index < -0.39 is 0 Å². The molecule has 2 aromatic carbocycles. The highest BCUT2D eigenvalue weighted by Crippen LogP contribution is 2.26. The minimum atomic E-state index is -0.183. The number of aryl methyl sites for hydroxylation is 1. The van der Waals surface area contributed by atoms with E-state index in [0.717, 1.165) is 11.3 Å². The van der Waals surface area contributed by atoms with Crippen LogP contribution in [-0.2, 0) is 0 Å². The predicted molar refractivity (Wildman–Crippen MR) is 98.8 cm³/mol. The Morgan fingerprint density at radius 2 is 1.73 bits per heavy atom. The highest BCUT2D eigenvalue weighted by Gasteiger charge is 2.29. The Bertz CT molecular complexity index is 805. The molecular formula is C21H23NO4. The largest absolute Gasteiger partial charge is 0.507 e.